The van der Waals surface area contributed by atoms with Crippen molar-refractivity contribution >= 4 is 35.0 Å². The van der Waals surface area contributed by atoms with Gasteiger partial charge in [0.1, 0.15) is 5.82 Å². The lowest BCUT2D eigenvalue weighted by Crippen LogP contribution is -2.32. The van der Waals surface area contributed by atoms with Gasteiger partial charge in [0.05, 0.1) is 10.3 Å². The molecule has 0 atom stereocenters. The number of hydrogen-bond donors (Lipinski definition) is 1. The number of aromatic nitrogens is 2. The molecule has 6 nitrogen and oxygen atoms in total. The van der Waals surface area contributed by atoms with E-state index in [4.69, 9.17) is 11.6 Å². The second-order valence-corrected chi connectivity index (χ2v) is 5.56. The quantitative estimate of drug-likeness (QED) is 0.663. The molecule has 0 aliphatic carbocycles. The van der Waals surface area contributed by atoms with Crippen molar-refractivity contribution in [1.29, 1.82) is 0 Å². The monoisotopic (exact) mass is 331 g/mol. The Hall–Kier alpha value is -1.80. The smallest absolute Gasteiger partial charge is 0.290 e. The van der Waals surface area contributed by atoms with Gasteiger partial charge in [-0.3, -0.25) is 4.79 Å². The molecule has 1 aromatic carbocycles. The molecule has 0 fully saturated rings. The van der Waals surface area contributed by atoms with Crippen molar-refractivity contribution < 1.29 is 23.5 Å². The first-order valence-corrected chi connectivity index (χ1v) is 7.24. The summed E-state index contributed by atoms with van der Waals surface area (Å²) in [6, 6.07) is 3.92. The molecule has 2 rings (SSSR count). The van der Waals surface area contributed by atoms with Crippen molar-refractivity contribution in [3.05, 3.63) is 29.0 Å². The van der Waals surface area contributed by atoms with Crippen LogP contribution in [0.5, 0.6) is 5.95 Å². The summed E-state index contributed by atoms with van der Waals surface area (Å²) in [5.74, 6) is -0.969. The summed E-state index contributed by atoms with van der Waals surface area (Å²) in [6.45, 7) is 0. The first kappa shape index (κ1) is 15.6. The highest BCUT2D eigenvalue weighted by atomic mass is 35.5. The van der Waals surface area contributed by atoms with Crippen LogP contribution >= 0.6 is 23.4 Å². The van der Waals surface area contributed by atoms with E-state index in [0.29, 0.717) is 16.5 Å². The lowest BCUT2D eigenvalue weighted by atomic mass is 10.3. The number of rotatable bonds is 5. The van der Waals surface area contributed by atoms with E-state index in [9.17, 15) is 14.3 Å². The number of nitrogens with zero attached hydrogens (tertiary/aromatic N) is 2. The number of nitrogens with one attached hydrogen (secondary N) is 1. The van der Waals surface area contributed by atoms with Crippen molar-refractivity contribution in [1.82, 2.24) is 5.27 Å². The van der Waals surface area contributed by atoms with Crippen LogP contribution in [0.2, 0.25) is 5.02 Å². The predicted octanol–water partition coefficient (Wildman–Crippen LogP) is 1.49. The molecule has 0 unspecified atom stereocenters. The molecular weight excluding hydrogens is 321 g/mol. The van der Waals surface area contributed by atoms with E-state index < -0.39 is 11.8 Å². The molecule has 2 aromatic rings. The zero-order valence-corrected chi connectivity index (χ0v) is 12.5. The zero-order chi connectivity index (χ0) is 15.4. The lowest BCUT2D eigenvalue weighted by Gasteiger charge is -2.05. The molecule has 0 bridgehead atoms. The summed E-state index contributed by atoms with van der Waals surface area (Å²) in [7, 11) is 1.58. The third-order valence-corrected chi connectivity index (χ3v) is 3.89. The molecule has 21 heavy (non-hydrogen) atoms. The van der Waals surface area contributed by atoms with E-state index in [1.807, 2.05) is 0 Å². The molecule has 1 amide bonds. The minimum Gasteiger partial charge on any atom is -0.538 e. The topological polar surface area (TPSA) is 82.1 Å². The Balaban J connectivity index is 1.84. The van der Waals surface area contributed by atoms with Crippen molar-refractivity contribution in [3.8, 4) is 5.95 Å². The summed E-state index contributed by atoms with van der Waals surface area (Å²) in [4.78, 5) is 11.7. The van der Waals surface area contributed by atoms with Gasteiger partial charge < -0.3 is 14.9 Å². The van der Waals surface area contributed by atoms with Gasteiger partial charge in [0.25, 0.3) is 5.03 Å². The second-order valence-electron chi connectivity index (χ2n) is 4.06. The van der Waals surface area contributed by atoms with Crippen LogP contribution < -0.4 is 15.1 Å². The highest BCUT2D eigenvalue weighted by Gasteiger charge is 2.14. The van der Waals surface area contributed by atoms with Gasteiger partial charge in [-0.1, -0.05) is 28.0 Å². The third-order valence-electron chi connectivity index (χ3n) is 2.49. The summed E-state index contributed by atoms with van der Waals surface area (Å²) in [5.41, 5.74) is 0.413. The van der Waals surface area contributed by atoms with Crippen LogP contribution in [0.25, 0.3) is 0 Å². The number of anilines is 1. The summed E-state index contributed by atoms with van der Waals surface area (Å²) < 4.78 is 18.7. The molecule has 9 heteroatoms. The number of hydrogen-bond acceptors (Lipinski definition) is 5. The van der Waals surface area contributed by atoms with Crippen LogP contribution in [0.4, 0.5) is 10.1 Å². The molecule has 0 spiro atoms. The number of thioether (sulfide) groups is 1. The minimum absolute atomic E-state index is 0.0605. The largest absolute Gasteiger partial charge is 0.538 e. The molecular formula is C12H11ClFN3O3S. The van der Waals surface area contributed by atoms with Gasteiger partial charge in [-0.15, -0.1) is 0 Å². The molecule has 0 saturated heterocycles. The number of aryl methyl sites for hydroxylation is 1. The Bertz CT molecular complexity index is 646. The van der Waals surface area contributed by atoms with Crippen LogP contribution in [-0.4, -0.2) is 16.9 Å². The Labute approximate surface area is 128 Å². The third kappa shape index (κ3) is 4.08. The molecule has 1 N–H and O–H groups in total. The van der Waals surface area contributed by atoms with Gasteiger partial charge in [-0.2, -0.15) is 0 Å². The fourth-order valence-electron chi connectivity index (χ4n) is 1.50. The van der Waals surface area contributed by atoms with Crippen molar-refractivity contribution in [2.75, 3.05) is 11.1 Å². The maximum absolute atomic E-state index is 13.0. The highest BCUT2D eigenvalue weighted by Crippen LogP contribution is 2.22. The molecule has 0 aliphatic rings. The molecule has 112 valence electrons. The van der Waals surface area contributed by atoms with Gasteiger partial charge in [0.2, 0.25) is 5.91 Å². The van der Waals surface area contributed by atoms with E-state index in [1.54, 1.807) is 7.05 Å². The first-order valence-electron chi connectivity index (χ1n) is 5.88. The normalized spacial score (nSPS) is 10.6. The van der Waals surface area contributed by atoms with Crippen LogP contribution in [0.1, 0.15) is 6.42 Å². The van der Waals surface area contributed by atoms with E-state index in [1.165, 1.54) is 34.6 Å². The van der Waals surface area contributed by atoms with E-state index in [-0.39, 0.29) is 17.4 Å². The van der Waals surface area contributed by atoms with Crippen LogP contribution in [0, 0.1) is 5.82 Å². The van der Waals surface area contributed by atoms with E-state index in [2.05, 4.69) is 15.1 Å². The Morgan fingerprint density at radius 1 is 1.62 bits per heavy atom. The van der Waals surface area contributed by atoms with E-state index >= 15 is 0 Å². The number of amides is 1. The van der Waals surface area contributed by atoms with Crippen LogP contribution in [-0.2, 0) is 11.8 Å². The van der Waals surface area contributed by atoms with Crippen molar-refractivity contribution in [2.24, 2.45) is 7.05 Å². The molecule has 1 heterocycles. The average Bonchev–Trinajstić information content (AvgIpc) is 2.74. The standard InChI is InChI=1S/C12H11ClFN3O3S/c1-17-11(12(19)20-16-17)21-5-4-10(18)15-7-2-3-9(14)8(13)6-7/h2-3,6H,4-5H2,1H3,(H-,15,16,18,19). The van der Waals surface area contributed by atoms with Crippen molar-refractivity contribution in [2.45, 2.75) is 11.4 Å². The number of carbonyl (C=O) groups excluding carboxylic acids is 1. The lowest BCUT2D eigenvalue weighted by molar-refractivity contribution is -0.772. The predicted molar refractivity (Wildman–Crippen MR) is 72.5 cm³/mol. The van der Waals surface area contributed by atoms with Crippen LogP contribution in [0.3, 0.4) is 0 Å². The number of halogens is 2. The van der Waals surface area contributed by atoms with Gasteiger partial charge in [0, 0.05) is 17.9 Å². The molecule has 0 saturated carbocycles. The molecule has 0 radical (unpaired) electrons. The Kier molecular flexibility index (Phi) is 5.03. The summed E-state index contributed by atoms with van der Waals surface area (Å²) in [5, 5.41) is 17.6. The molecule has 1 aromatic heterocycles. The van der Waals surface area contributed by atoms with Gasteiger partial charge in [-0.25, -0.2) is 4.39 Å². The van der Waals surface area contributed by atoms with Crippen LogP contribution in [0.15, 0.2) is 27.7 Å². The second kappa shape index (κ2) is 6.77. The Morgan fingerprint density at radius 2 is 2.38 bits per heavy atom. The van der Waals surface area contributed by atoms with Gasteiger partial charge >= 0.3 is 0 Å². The maximum Gasteiger partial charge on any atom is 0.290 e. The zero-order valence-electron chi connectivity index (χ0n) is 10.9. The Morgan fingerprint density at radius 3 is 3.00 bits per heavy atom. The summed E-state index contributed by atoms with van der Waals surface area (Å²) >= 11 is 6.79. The van der Waals surface area contributed by atoms with E-state index in [0.717, 1.165) is 0 Å². The molecule has 0 aliphatic heterocycles. The van der Waals surface area contributed by atoms with Gasteiger partial charge in [0.15, 0.2) is 13.0 Å². The fourth-order valence-corrected chi connectivity index (χ4v) is 2.53. The number of carbonyl (C=O) groups is 1. The minimum atomic E-state index is -0.548. The maximum atomic E-state index is 13.0. The fraction of sp³-hybridized carbons (Fsp3) is 0.250. The number of benzene rings is 1. The average molecular weight is 332 g/mol. The van der Waals surface area contributed by atoms with Crippen molar-refractivity contribution in [3.63, 3.8) is 0 Å². The summed E-state index contributed by atoms with van der Waals surface area (Å²) in [6.07, 6.45) is 0.171. The van der Waals surface area contributed by atoms with Gasteiger partial charge in [-0.05, 0) is 18.2 Å². The SMILES string of the molecule is C[n+]1noc([O-])c1SCCC(=O)Nc1ccc(F)c(Cl)c1. The highest BCUT2D eigenvalue weighted by molar-refractivity contribution is 7.99. The first-order chi connectivity index (χ1) is 9.97.